The molecule has 1 atom stereocenters. The Bertz CT molecular complexity index is 157. The average molecular weight is 178 g/mol. The highest BCUT2D eigenvalue weighted by Gasteiger charge is 1.95. The van der Waals surface area contributed by atoms with Crippen LogP contribution in [-0.2, 0) is 0 Å². The van der Waals surface area contributed by atoms with Gasteiger partial charge in [-0.2, -0.15) is 0 Å². The SMILES string of the molecule is C#CC(C)NCC(Cl)=CCl. The quantitative estimate of drug-likeness (QED) is 0.651. The number of nitrogens with one attached hydrogen (secondary N) is 1. The second-order valence-electron chi connectivity index (χ2n) is 1.83. The Morgan fingerprint density at radius 2 is 2.50 bits per heavy atom. The first-order valence-corrected chi connectivity index (χ1v) is 3.66. The zero-order valence-electron chi connectivity index (χ0n) is 5.70. The molecule has 0 aliphatic heterocycles. The summed E-state index contributed by atoms with van der Waals surface area (Å²) in [5, 5.41) is 3.52. The van der Waals surface area contributed by atoms with Crippen molar-refractivity contribution in [2.45, 2.75) is 13.0 Å². The molecule has 0 rings (SSSR count). The van der Waals surface area contributed by atoms with E-state index in [4.69, 9.17) is 29.6 Å². The van der Waals surface area contributed by atoms with Crippen LogP contribution in [0.2, 0.25) is 0 Å². The molecule has 3 heteroatoms. The number of hydrogen-bond donors (Lipinski definition) is 1. The van der Waals surface area contributed by atoms with E-state index < -0.39 is 0 Å². The summed E-state index contributed by atoms with van der Waals surface area (Å²) in [7, 11) is 0. The van der Waals surface area contributed by atoms with Crippen LogP contribution in [0.1, 0.15) is 6.92 Å². The van der Waals surface area contributed by atoms with E-state index >= 15 is 0 Å². The van der Waals surface area contributed by atoms with E-state index in [2.05, 4.69) is 11.2 Å². The summed E-state index contributed by atoms with van der Waals surface area (Å²) < 4.78 is 0. The van der Waals surface area contributed by atoms with Crippen molar-refractivity contribution in [2.75, 3.05) is 6.54 Å². The van der Waals surface area contributed by atoms with E-state index in [0.29, 0.717) is 11.6 Å². The molecule has 0 heterocycles. The Balaban J connectivity index is 3.47. The second-order valence-corrected chi connectivity index (χ2v) is 2.53. The lowest BCUT2D eigenvalue weighted by Gasteiger charge is -2.04. The maximum atomic E-state index is 5.56. The molecule has 56 valence electrons. The Hall–Kier alpha value is -0.160. The van der Waals surface area contributed by atoms with E-state index in [9.17, 15) is 0 Å². The van der Waals surface area contributed by atoms with Gasteiger partial charge in [-0.05, 0) is 6.92 Å². The molecule has 1 nitrogen and oxygen atoms in total. The van der Waals surface area contributed by atoms with Gasteiger partial charge in [-0.15, -0.1) is 6.42 Å². The molecule has 0 aliphatic rings. The molecule has 1 N–H and O–H groups in total. The number of hydrogen-bond acceptors (Lipinski definition) is 1. The number of rotatable bonds is 3. The Morgan fingerprint density at radius 3 is 2.90 bits per heavy atom. The molecule has 0 aromatic carbocycles. The van der Waals surface area contributed by atoms with Gasteiger partial charge in [0, 0.05) is 17.1 Å². The molecule has 0 aliphatic carbocycles. The molecule has 0 amide bonds. The highest BCUT2D eigenvalue weighted by molar-refractivity contribution is 6.36. The summed E-state index contributed by atoms with van der Waals surface area (Å²) in [6.45, 7) is 2.40. The van der Waals surface area contributed by atoms with Gasteiger partial charge in [0.15, 0.2) is 0 Å². The molecule has 0 radical (unpaired) electrons. The Morgan fingerprint density at radius 1 is 1.90 bits per heavy atom. The smallest absolute Gasteiger partial charge is 0.0661 e. The van der Waals surface area contributed by atoms with Crippen molar-refractivity contribution in [3.8, 4) is 12.3 Å². The van der Waals surface area contributed by atoms with Crippen molar-refractivity contribution in [3.05, 3.63) is 10.6 Å². The Labute approximate surface area is 71.4 Å². The van der Waals surface area contributed by atoms with Crippen LogP contribution in [-0.4, -0.2) is 12.6 Å². The molecule has 0 aromatic heterocycles. The normalized spacial score (nSPS) is 14.4. The third kappa shape index (κ3) is 4.69. The van der Waals surface area contributed by atoms with Gasteiger partial charge in [0.05, 0.1) is 6.04 Å². The fourth-order valence-electron chi connectivity index (χ4n) is 0.348. The summed E-state index contributed by atoms with van der Waals surface area (Å²) in [6.07, 6.45) is 5.09. The summed E-state index contributed by atoms with van der Waals surface area (Å²) in [4.78, 5) is 0. The van der Waals surface area contributed by atoms with E-state index in [-0.39, 0.29) is 6.04 Å². The predicted octanol–water partition coefficient (Wildman–Crippen LogP) is 1.92. The molecule has 10 heavy (non-hydrogen) atoms. The van der Waals surface area contributed by atoms with E-state index in [0.717, 1.165) is 0 Å². The largest absolute Gasteiger partial charge is 0.299 e. The van der Waals surface area contributed by atoms with Crippen molar-refractivity contribution in [1.29, 1.82) is 0 Å². The summed E-state index contributed by atoms with van der Waals surface area (Å²) in [5.41, 5.74) is 1.32. The van der Waals surface area contributed by atoms with Gasteiger partial charge in [-0.25, -0.2) is 0 Å². The fraction of sp³-hybridized carbons (Fsp3) is 0.429. The topological polar surface area (TPSA) is 12.0 Å². The lowest BCUT2D eigenvalue weighted by molar-refractivity contribution is 0.699. The zero-order valence-corrected chi connectivity index (χ0v) is 7.21. The van der Waals surface area contributed by atoms with Crippen LogP contribution in [0.4, 0.5) is 0 Å². The van der Waals surface area contributed by atoms with Crippen LogP contribution in [0, 0.1) is 12.3 Å². The van der Waals surface area contributed by atoms with Crippen LogP contribution in [0.3, 0.4) is 0 Å². The number of terminal acetylenes is 1. The third-order valence-corrected chi connectivity index (χ3v) is 1.56. The third-order valence-electron chi connectivity index (χ3n) is 0.946. The lowest BCUT2D eigenvalue weighted by Crippen LogP contribution is -2.25. The molecule has 0 fully saturated rings. The van der Waals surface area contributed by atoms with Crippen LogP contribution >= 0.6 is 23.2 Å². The summed E-state index contributed by atoms with van der Waals surface area (Å²) >= 11 is 10.9. The predicted molar refractivity (Wildman–Crippen MR) is 46.1 cm³/mol. The molecule has 1 unspecified atom stereocenters. The summed E-state index contributed by atoms with van der Waals surface area (Å²) in [6, 6.07) is 0.0327. The van der Waals surface area contributed by atoms with Crippen molar-refractivity contribution >= 4 is 23.2 Å². The van der Waals surface area contributed by atoms with Gasteiger partial charge in [0.25, 0.3) is 0 Å². The summed E-state index contributed by atoms with van der Waals surface area (Å²) in [5.74, 6) is 2.50. The van der Waals surface area contributed by atoms with Gasteiger partial charge in [-0.3, -0.25) is 5.32 Å². The van der Waals surface area contributed by atoms with Crippen molar-refractivity contribution in [1.82, 2.24) is 5.32 Å². The van der Waals surface area contributed by atoms with Gasteiger partial charge in [-0.1, -0.05) is 29.1 Å². The van der Waals surface area contributed by atoms with E-state index in [1.807, 2.05) is 6.92 Å². The van der Waals surface area contributed by atoms with E-state index in [1.165, 1.54) is 5.54 Å². The maximum Gasteiger partial charge on any atom is 0.0661 e. The first kappa shape index (κ1) is 9.84. The van der Waals surface area contributed by atoms with Crippen molar-refractivity contribution < 1.29 is 0 Å². The molecular formula is C7H9Cl2N. The molecule has 0 saturated heterocycles. The zero-order chi connectivity index (χ0) is 7.98. The fourth-order valence-corrected chi connectivity index (χ4v) is 0.502. The van der Waals surface area contributed by atoms with Crippen molar-refractivity contribution in [3.63, 3.8) is 0 Å². The van der Waals surface area contributed by atoms with Crippen LogP contribution < -0.4 is 5.32 Å². The minimum atomic E-state index is 0.0327. The molecule has 0 saturated carbocycles. The molecule has 0 spiro atoms. The minimum absolute atomic E-state index is 0.0327. The van der Waals surface area contributed by atoms with Gasteiger partial charge < -0.3 is 0 Å². The molecule has 0 aromatic rings. The van der Waals surface area contributed by atoms with E-state index in [1.54, 1.807) is 0 Å². The van der Waals surface area contributed by atoms with Gasteiger partial charge >= 0.3 is 0 Å². The standard InChI is InChI=1S/C7H9Cl2N/c1-3-6(2)10-5-7(9)4-8/h1,4,6,10H,5H2,2H3. The first-order chi connectivity index (χ1) is 4.70. The highest BCUT2D eigenvalue weighted by Crippen LogP contribution is 2.00. The van der Waals surface area contributed by atoms with Gasteiger partial charge in [0.1, 0.15) is 0 Å². The van der Waals surface area contributed by atoms with Crippen LogP contribution in [0.15, 0.2) is 10.6 Å². The van der Waals surface area contributed by atoms with Crippen LogP contribution in [0.5, 0.6) is 0 Å². The minimum Gasteiger partial charge on any atom is -0.299 e. The highest BCUT2D eigenvalue weighted by atomic mass is 35.5. The second kappa shape index (κ2) is 5.61. The first-order valence-electron chi connectivity index (χ1n) is 2.85. The van der Waals surface area contributed by atoms with Crippen molar-refractivity contribution in [2.24, 2.45) is 0 Å². The number of halogens is 2. The average Bonchev–Trinajstić information content (AvgIpc) is 1.99. The lowest BCUT2D eigenvalue weighted by atomic mass is 10.3. The van der Waals surface area contributed by atoms with Gasteiger partial charge in [0.2, 0.25) is 0 Å². The van der Waals surface area contributed by atoms with Crippen LogP contribution in [0.25, 0.3) is 0 Å². The molecule has 0 bridgehead atoms. The monoisotopic (exact) mass is 177 g/mol. The maximum absolute atomic E-state index is 5.56. The Kier molecular flexibility index (Phi) is 5.52. The molecular weight excluding hydrogens is 169 g/mol.